The fourth-order valence-electron chi connectivity index (χ4n) is 2.76. The van der Waals surface area contributed by atoms with Crippen molar-refractivity contribution in [3.63, 3.8) is 0 Å². The first-order valence-corrected chi connectivity index (χ1v) is 10.4. The Bertz CT molecular complexity index is 999. The highest BCUT2D eigenvalue weighted by Crippen LogP contribution is 2.19. The molecule has 0 aliphatic carbocycles. The Kier molecular flexibility index (Phi) is 6.11. The van der Waals surface area contributed by atoms with E-state index in [9.17, 15) is 8.42 Å². The Balaban J connectivity index is 1.62. The van der Waals surface area contributed by atoms with Gasteiger partial charge in [0.05, 0.1) is 4.90 Å². The molecule has 0 spiro atoms. The Morgan fingerprint density at radius 1 is 0.889 bits per heavy atom. The molecule has 0 bridgehead atoms. The highest BCUT2D eigenvalue weighted by atomic mass is 32.2. The van der Waals surface area contributed by atoms with Crippen LogP contribution in [0.5, 0.6) is 0 Å². The van der Waals surface area contributed by atoms with Crippen LogP contribution in [0.2, 0.25) is 0 Å². The summed E-state index contributed by atoms with van der Waals surface area (Å²) in [6.45, 7) is 2.07. The molecule has 0 saturated carbocycles. The van der Waals surface area contributed by atoms with Gasteiger partial charge in [-0.3, -0.25) is 0 Å². The third-order valence-corrected chi connectivity index (χ3v) is 5.74. The van der Waals surface area contributed by atoms with Crippen LogP contribution in [0.25, 0.3) is 10.8 Å². The maximum atomic E-state index is 12.6. The minimum absolute atomic E-state index is 0.257. The lowest BCUT2D eigenvalue weighted by Gasteiger charge is -2.12. The molecule has 0 amide bonds. The molecule has 0 unspecified atom stereocenters. The number of hydrogen-bond donors (Lipinski definition) is 2. The number of nitrogens with one attached hydrogen (secondary N) is 2. The number of anilines is 1. The lowest BCUT2D eigenvalue weighted by molar-refractivity contribution is 0.425. The molecule has 0 atom stereocenters. The van der Waals surface area contributed by atoms with E-state index in [-0.39, 0.29) is 11.4 Å². The van der Waals surface area contributed by atoms with Gasteiger partial charge in [0, 0.05) is 25.3 Å². The van der Waals surface area contributed by atoms with Crippen LogP contribution in [0, 0.1) is 0 Å². The average Bonchev–Trinajstić information content (AvgIpc) is 2.67. The van der Waals surface area contributed by atoms with Gasteiger partial charge in [-0.2, -0.15) is 0 Å². The van der Waals surface area contributed by atoms with Crippen molar-refractivity contribution < 1.29 is 8.42 Å². The number of fused-ring (bicyclic) bond motifs is 1. The number of sulfonamides is 1. The minimum Gasteiger partial charge on any atom is -0.384 e. The van der Waals surface area contributed by atoms with Crippen molar-refractivity contribution >= 4 is 26.5 Å². The predicted molar refractivity (Wildman–Crippen MR) is 111 cm³/mol. The van der Waals surface area contributed by atoms with Crippen LogP contribution in [0.1, 0.15) is 5.56 Å². The van der Waals surface area contributed by atoms with Gasteiger partial charge >= 0.3 is 0 Å². The summed E-state index contributed by atoms with van der Waals surface area (Å²) in [6, 6.07) is 20.7. The Labute approximate surface area is 161 Å². The van der Waals surface area contributed by atoms with E-state index < -0.39 is 10.0 Å². The quantitative estimate of drug-likeness (QED) is 0.627. The maximum absolute atomic E-state index is 12.6. The van der Waals surface area contributed by atoms with E-state index in [1.165, 1.54) is 0 Å². The molecule has 27 heavy (non-hydrogen) atoms. The van der Waals surface area contributed by atoms with E-state index in [0.29, 0.717) is 0 Å². The summed E-state index contributed by atoms with van der Waals surface area (Å²) in [7, 11) is 0.513. The van der Waals surface area contributed by atoms with Crippen LogP contribution in [-0.4, -0.2) is 40.5 Å². The Hall–Kier alpha value is -2.41. The van der Waals surface area contributed by atoms with Gasteiger partial charge in [-0.15, -0.1) is 0 Å². The average molecular weight is 384 g/mol. The lowest BCUT2D eigenvalue weighted by Crippen LogP contribution is -2.23. The second-order valence-electron chi connectivity index (χ2n) is 6.76. The fraction of sp³-hybridized carbons (Fsp3) is 0.238. The van der Waals surface area contributed by atoms with E-state index in [0.717, 1.165) is 35.1 Å². The zero-order chi connectivity index (χ0) is 19.3. The number of nitrogens with zero attached hydrogens (tertiary/aromatic N) is 1. The van der Waals surface area contributed by atoms with E-state index in [2.05, 4.69) is 14.9 Å². The highest BCUT2D eigenvalue weighted by Gasteiger charge is 2.14. The standard InChI is InChI=1S/C21H25N3O2S/c1-24(2)14-13-22-20-10-7-17(8-11-20)16-23-27(25,26)21-12-9-18-5-3-4-6-19(18)15-21/h3-12,15,22-23H,13-14,16H2,1-2H3. The summed E-state index contributed by atoms with van der Waals surface area (Å²) in [6.07, 6.45) is 0. The van der Waals surface area contributed by atoms with Gasteiger partial charge in [0.2, 0.25) is 10.0 Å². The van der Waals surface area contributed by atoms with Crippen molar-refractivity contribution in [2.24, 2.45) is 0 Å². The van der Waals surface area contributed by atoms with Crippen LogP contribution < -0.4 is 10.0 Å². The Morgan fingerprint density at radius 3 is 2.30 bits per heavy atom. The first-order chi connectivity index (χ1) is 12.9. The van der Waals surface area contributed by atoms with Gasteiger partial charge in [0.15, 0.2) is 0 Å². The van der Waals surface area contributed by atoms with Gasteiger partial charge in [0.25, 0.3) is 0 Å². The fourth-order valence-corrected chi connectivity index (χ4v) is 3.81. The first-order valence-electron chi connectivity index (χ1n) is 8.90. The number of rotatable bonds is 8. The van der Waals surface area contributed by atoms with Gasteiger partial charge in [0.1, 0.15) is 0 Å². The smallest absolute Gasteiger partial charge is 0.240 e. The minimum atomic E-state index is -3.55. The molecule has 3 aromatic rings. The number of hydrogen-bond acceptors (Lipinski definition) is 4. The van der Waals surface area contributed by atoms with E-state index in [1.54, 1.807) is 12.1 Å². The third-order valence-electron chi connectivity index (χ3n) is 4.34. The molecule has 2 N–H and O–H groups in total. The monoisotopic (exact) mass is 383 g/mol. The van der Waals surface area contributed by atoms with Crippen LogP contribution in [0.4, 0.5) is 5.69 Å². The van der Waals surface area contributed by atoms with E-state index in [4.69, 9.17) is 0 Å². The molecule has 0 heterocycles. The molecule has 142 valence electrons. The predicted octanol–water partition coefficient (Wildman–Crippen LogP) is 3.29. The van der Waals surface area contributed by atoms with Crippen molar-refractivity contribution in [2.75, 3.05) is 32.5 Å². The SMILES string of the molecule is CN(C)CCNc1ccc(CNS(=O)(=O)c2ccc3ccccc3c2)cc1. The molecular weight excluding hydrogens is 358 g/mol. The molecule has 0 saturated heterocycles. The molecule has 0 radical (unpaired) electrons. The van der Waals surface area contributed by atoms with Gasteiger partial charge in [-0.1, -0.05) is 42.5 Å². The molecule has 0 aliphatic rings. The molecular formula is C21H25N3O2S. The second-order valence-corrected chi connectivity index (χ2v) is 8.53. The molecule has 3 aromatic carbocycles. The number of benzene rings is 3. The summed E-state index contributed by atoms with van der Waals surface area (Å²) in [5, 5.41) is 5.27. The van der Waals surface area contributed by atoms with Crippen LogP contribution in [-0.2, 0) is 16.6 Å². The van der Waals surface area contributed by atoms with E-state index >= 15 is 0 Å². The zero-order valence-corrected chi connectivity index (χ0v) is 16.5. The zero-order valence-electron chi connectivity index (χ0n) is 15.6. The summed E-state index contributed by atoms with van der Waals surface area (Å²) in [4.78, 5) is 2.39. The lowest BCUT2D eigenvalue weighted by atomic mass is 10.1. The molecule has 0 aliphatic heterocycles. The molecule has 5 nitrogen and oxygen atoms in total. The van der Waals surface area contributed by atoms with Crippen molar-refractivity contribution in [1.29, 1.82) is 0 Å². The first kappa shape index (κ1) is 19.4. The van der Waals surface area contributed by atoms with Gasteiger partial charge < -0.3 is 10.2 Å². The summed E-state index contributed by atoms with van der Waals surface area (Å²) >= 11 is 0. The largest absolute Gasteiger partial charge is 0.384 e. The van der Waals surface area contributed by atoms with E-state index in [1.807, 2.05) is 68.7 Å². The molecule has 0 fully saturated rings. The van der Waals surface area contributed by atoms with Crippen molar-refractivity contribution in [1.82, 2.24) is 9.62 Å². The third kappa shape index (κ3) is 5.29. The summed E-state index contributed by atoms with van der Waals surface area (Å²) in [5.74, 6) is 0. The maximum Gasteiger partial charge on any atom is 0.240 e. The van der Waals surface area contributed by atoms with Gasteiger partial charge in [-0.25, -0.2) is 13.1 Å². The van der Waals surface area contributed by atoms with Crippen molar-refractivity contribution in [3.8, 4) is 0 Å². The van der Waals surface area contributed by atoms with Crippen molar-refractivity contribution in [2.45, 2.75) is 11.4 Å². The van der Waals surface area contributed by atoms with Crippen molar-refractivity contribution in [3.05, 3.63) is 72.3 Å². The summed E-state index contributed by atoms with van der Waals surface area (Å²) in [5.41, 5.74) is 1.94. The molecule has 3 rings (SSSR count). The normalized spacial score (nSPS) is 11.8. The van der Waals surface area contributed by atoms with Crippen LogP contribution in [0.15, 0.2) is 71.6 Å². The Morgan fingerprint density at radius 2 is 1.59 bits per heavy atom. The van der Waals surface area contributed by atoms with Gasteiger partial charge in [-0.05, 0) is 54.7 Å². The van der Waals surface area contributed by atoms with Crippen LogP contribution >= 0.6 is 0 Å². The topological polar surface area (TPSA) is 61.4 Å². The summed E-state index contributed by atoms with van der Waals surface area (Å²) < 4.78 is 27.9. The molecule has 0 aromatic heterocycles. The number of likely N-dealkylation sites (N-methyl/N-ethyl adjacent to an activating group) is 1. The van der Waals surface area contributed by atoms with Crippen LogP contribution in [0.3, 0.4) is 0 Å². The second kappa shape index (κ2) is 8.52. The highest BCUT2D eigenvalue weighted by molar-refractivity contribution is 7.89. The molecule has 6 heteroatoms.